The van der Waals surface area contributed by atoms with Crippen molar-refractivity contribution in [3.63, 3.8) is 0 Å². The van der Waals surface area contributed by atoms with Crippen molar-refractivity contribution in [1.29, 1.82) is 0 Å². The second-order valence-corrected chi connectivity index (χ2v) is 10.8. The van der Waals surface area contributed by atoms with E-state index in [2.05, 4.69) is 10.6 Å². The van der Waals surface area contributed by atoms with Crippen LogP contribution in [0.4, 0.5) is 5.69 Å². The summed E-state index contributed by atoms with van der Waals surface area (Å²) in [5, 5.41) is 7.68. The Morgan fingerprint density at radius 1 is 0.744 bits per heavy atom. The van der Waals surface area contributed by atoms with E-state index in [-0.39, 0.29) is 24.0 Å². The molecule has 0 atom stereocenters. The minimum absolute atomic E-state index is 0.0540. The maximum atomic E-state index is 13.6. The van der Waals surface area contributed by atoms with Crippen molar-refractivity contribution in [2.45, 2.75) is 4.90 Å². The number of Topliss-reactive ketones (excluding diaryl/α,β-unsaturated/α-hetero) is 1. The first kappa shape index (κ1) is 27.8. The number of amides is 2. The Labute approximate surface area is 252 Å². The summed E-state index contributed by atoms with van der Waals surface area (Å²) in [7, 11) is 0. The predicted octanol–water partition coefficient (Wildman–Crippen LogP) is 6.95. The van der Waals surface area contributed by atoms with Gasteiger partial charge in [0, 0.05) is 21.7 Å². The number of carbonyl (C=O) groups excluding carboxylic acids is 3. The molecule has 0 unspecified atom stereocenters. The molecule has 43 heavy (non-hydrogen) atoms. The van der Waals surface area contributed by atoms with E-state index in [0.29, 0.717) is 28.3 Å². The number of benzene rings is 5. The van der Waals surface area contributed by atoms with Crippen LogP contribution >= 0.6 is 11.8 Å². The minimum atomic E-state index is -0.476. The Morgan fingerprint density at radius 3 is 2.40 bits per heavy atom. The van der Waals surface area contributed by atoms with Gasteiger partial charge in [0.15, 0.2) is 17.3 Å². The van der Waals surface area contributed by atoms with Gasteiger partial charge in [-0.15, -0.1) is 11.8 Å². The van der Waals surface area contributed by atoms with E-state index in [1.807, 2.05) is 54.6 Å². The first-order valence-corrected chi connectivity index (χ1v) is 14.5. The van der Waals surface area contributed by atoms with E-state index < -0.39 is 11.8 Å². The number of thioether (sulfide) groups is 1. The average molecular weight is 587 g/mol. The summed E-state index contributed by atoms with van der Waals surface area (Å²) in [6, 6.07) is 34.8. The van der Waals surface area contributed by atoms with Gasteiger partial charge in [-0.2, -0.15) is 0 Å². The zero-order valence-electron chi connectivity index (χ0n) is 22.9. The summed E-state index contributed by atoms with van der Waals surface area (Å²) in [4.78, 5) is 40.3. The first-order valence-electron chi connectivity index (χ1n) is 13.6. The van der Waals surface area contributed by atoms with E-state index in [0.717, 1.165) is 21.2 Å². The molecule has 0 saturated heterocycles. The van der Waals surface area contributed by atoms with Gasteiger partial charge in [0.05, 0.1) is 5.75 Å². The van der Waals surface area contributed by atoms with E-state index in [1.165, 1.54) is 11.8 Å². The summed E-state index contributed by atoms with van der Waals surface area (Å²) in [5.41, 5.74) is 2.40. The number of hydrogen-bond acceptors (Lipinski definition) is 6. The topological polar surface area (TPSA) is 93.7 Å². The third-order valence-electron chi connectivity index (χ3n) is 6.81. The van der Waals surface area contributed by atoms with Crippen LogP contribution in [0, 0.1) is 0 Å². The predicted molar refractivity (Wildman–Crippen MR) is 169 cm³/mol. The van der Waals surface area contributed by atoms with Crippen LogP contribution in [0.1, 0.15) is 26.3 Å². The smallest absolute Gasteiger partial charge is 0.272 e. The molecule has 212 valence electrons. The summed E-state index contributed by atoms with van der Waals surface area (Å²) < 4.78 is 10.7. The zero-order chi connectivity index (χ0) is 29.6. The molecule has 0 saturated carbocycles. The van der Waals surface area contributed by atoms with E-state index in [4.69, 9.17) is 9.47 Å². The number of carbonyl (C=O) groups is 3. The number of fused-ring (bicyclic) bond motifs is 2. The van der Waals surface area contributed by atoms with Crippen LogP contribution in [0.5, 0.6) is 11.5 Å². The quantitative estimate of drug-likeness (QED) is 0.110. The SMILES string of the molecule is O=C(Nc1cccc(SCC(=O)c2ccc3c(c2)OCO3)c1)/C(=C/c1cccc2ccccc12)NC(=O)c1ccccc1. The van der Waals surface area contributed by atoms with Gasteiger partial charge in [-0.05, 0) is 70.9 Å². The molecule has 8 heteroatoms. The van der Waals surface area contributed by atoms with Gasteiger partial charge in [0.1, 0.15) is 5.70 Å². The molecule has 6 rings (SSSR count). The van der Waals surface area contributed by atoms with Crippen molar-refractivity contribution in [3.8, 4) is 11.5 Å². The van der Waals surface area contributed by atoms with Gasteiger partial charge in [-0.3, -0.25) is 14.4 Å². The van der Waals surface area contributed by atoms with Crippen LogP contribution in [0.15, 0.2) is 126 Å². The van der Waals surface area contributed by atoms with Gasteiger partial charge in [-0.1, -0.05) is 66.7 Å². The maximum absolute atomic E-state index is 13.6. The van der Waals surface area contributed by atoms with Gasteiger partial charge in [0.2, 0.25) is 6.79 Å². The lowest BCUT2D eigenvalue weighted by Crippen LogP contribution is -2.30. The monoisotopic (exact) mass is 586 g/mol. The molecule has 0 bridgehead atoms. The fourth-order valence-corrected chi connectivity index (χ4v) is 5.49. The molecule has 0 aliphatic carbocycles. The molecule has 0 radical (unpaired) electrons. The maximum Gasteiger partial charge on any atom is 0.272 e. The molecule has 5 aromatic rings. The number of ketones is 1. The Hall–Kier alpha value is -5.34. The zero-order valence-corrected chi connectivity index (χ0v) is 23.7. The highest BCUT2D eigenvalue weighted by molar-refractivity contribution is 8.00. The summed E-state index contributed by atoms with van der Waals surface area (Å²) >= 11 is 1.36. The van der Waals surface area contributed by atoms with Crippen molar-refractivity contribution in [1.82, 2.24) is 5.32 Å². The van der Waals surface area contributed by atoms with Crippen molar-refractivity contribution in [2.24, 2.45) is 0 Å². The van der Waals surface area contributed by atoms with Crippen LogP contribution in [0.3, 0.4) is 0 Å². The number of nitrogens with one attached hydrogen (secondary N) is 2. The van der Waals surface area contributed by atoms with Crippen LogP contribution in [0.25, 0.3) is 16.8 Å². The number of rotatable bonds is 9. The van der Waals surface area contributed by atoms with Gasteiger partial charge in [0.25, 0.3) is 11.8 Å². The molecule has 2 N–H and O–H groups in total. The highest BCUT2D eigenvalue weighted by atomic mass is 32.2. The molecule has 5 aromatic carbocycles. The molecular weight excluding hydrogens is 560 g/mol. The van der Waals surface area contributed by atoms with Crippen LogP contribution in [0.2, 0.25) is 0 Å². The fourth-order valence-electron chi connectivity index (χ4n) is 4.64. The molecule has 0 aromatic heterocycles. The third kappa shape index (κ3) is 6.60. The second-order valence-electron chi connectivity index (χ2n) is 9.71. The van der Waals surface area contributed by atoms with Gasteiger partial charge in [-0.25, -0.2) is 0 Å². The lowest BCUT2D eigenvalue weighted by molar-refractivity contribution is -0.113. The minimum Gasteiger partial charge on any atom is -0.454 e. The molecular formula is C35H26N2O5S. The number of hydrogen-bond donors (Lipinski definition) is 2. The molecule has 0 fully saturated rings. The lowest BCUT2D eigenvalue weighted by Gasteiger charge is -2.13. The van der Waals surface area contributed by atoms with E-state index >= 15 is 0 Å². The molecule has 1 aliphatic heterocycles. The van der Waals surface area contributed by atoms with E-state index in [1.54, 1.807) is 66.7 Å². The van der Waals surface area contributed by atoms with Crippen LogP contribution < -0.4 is 20.1 Å². The van der Waals surface area contributed by atoms with Crippen molar-refractivity contribution in [3.05, 3.63) is 138 Å². The first-order chi connectivity index (χ1) is 21.0. The van der Waals surface area contributed by atoms with Crippen molar-refractivity contribution < 1.29 is 23.9 Å². The fraction of sp³-hybridized carbons (Fsp3) is 0.0571. The number of anilines is 1. The summed E-state index contributed by atoms with van der Waals surface area (Å²) in [6.07, 6.45) is 1.68. The van der Waals surface area contributed by atoms with Gasteiger partial charge < -0.3 is 20.1 Å². The molecule has 1 heterocycles. The van der Waals surface area contributed by atoms with Crippen molar-refractivity contribution >= 4 is 51.9 Å². The number of ether oxygens (including phenoxy) is 2. The average Bonchev–Trinajstić information content (AvgIpc) is 3.52. The Kier molecular flexibility index (Phi) is 8.19. The largest absolute Gasteiger partial charge is 0.454 e. The molecule has 1 aliphatic rings. The summed E-state index contributed by atoms with van der Waals surface area (Å²) in [5.74, 6) is 0.468. The lowest BCUT2D eigenvalue weighted by atomic mass is 10.0. The molecule has 0 spiro atoms. The Balaban J connectivity index is 1.20. The Morgan fingerprint density at radius 2 is 1.51 bits per heavy atom. The third-order valence-corrected chi connectivity index (χ3v) is 7.80. The standard InChI is InChI=1S/C35H26N2O5S/c38-31(26-16-17-32-33(19-26)42-22-41-32)21-43-28-14-7-13-27(20-28)36-35(40)30(37-34(39)24-9-2-1-3-10-24)18-25-12-6-11-23-8-4-5-15-29(23)25/h1-20H,21-22H2,(H,36,40)(H,37,39)/b30-18-. The summed E-state index contributed by atoms with van der Waals surface area (Å²) in [6.45, 7) is 0.148. The molecule has 7 nitrogen and oxygen atoms in total. The second kappa shape index (κ2) is 12.7. The van der Waals surface area contributed by atoms with Crippen LogP contribution in [-0.4, -0.2) is 30.1 Å². The van der Waals surface area contributed by atoms with Crippen LogP contribution in [-0.2, 0) is 4.79 Å². The van der Waals surface area contributed by atoms with Crippen molar-refractivity contribution in [2.75, 3.05) is 17.9 Å². The van der Waals surface area contributed by atoms with Gasteiger partial charge >= 0.3 is 0 Å². The normalized spacial score (nSPS) is 12.1. The Bertz CT molecular complexity index is 1860. The highest BCUT2D eigenvalue weighted by Gasteiger charge is 2.18. The molecule has 2 amide bonds. The highest BCUT2D eigenvalue weighted by Crippen LogP contribution is 2.33. The van der Waals surface area contributed by atoms with E-state index in [9.17, 15) is 14.4 Å².